The summed E-state index contributed by atoms with van der Waals surface area (Å²) in [6, 6.07) is 2.60. The van der Waals surface area contributed by atoms with Gasteiger partial charge in [0.15, 0.2) is 9.84 Å². The van der Waals surface area contributed by atoms with E-state index in [1.54, 1.807) is 26.0 Å². The van der Waals surface area contributed by atoms with E-state index in [1.165, 1.54) is 0 Å². The lowest BCUT2D eigenvalue weighted by atomic mass is 10.1. The van der Waals surface area contributed by atoms with Crippen molar-refractivity contribution in [3.8, 4) is 0 Å². The predicted molar refractivity (Wildman–Crippen MR) is 94.7 cm³/mol. The second kappa shape index (κ2) is 7.32. The fraction of sp³-hybridized carbons (Fsp3) is 0.625. The quantitative estimate of drug-likeness (QED) is 0.714. The Balaban J connectivity index is 2.50. The molecule has 1 aliphatic heterocycles. The van der Waals surface area contributed by atoms with Crippen LogP contribution in [-0.4, -0.2) is 68.2 Å². The van der Waals surface area contributed by atoms with Crippen LogP contribution in [0, 0.1) is 20.8 Å². The summed E-state index contributed by atoms with van der Waals surface area (Å²) in [6.07, 6.45) is -1.09. The molecule has 0 aromatic heterocycles. The first-order valence-electron chi connectivity index (χ1n) is 8.07. The van der Waals surface area contributed by atoms with Crippen molar-refractivity contribution in [2.24, 2.45) is 0 Å². The van der Waals surface area contributed by atoms with E-state index < -0.39 is 38.6 Å². The summed E-state index contributed by atoms with van der Waals surface area (Å²) in [7, 11) is -7.31. The lowest BCUT2D eigenvalue weighted by molar-refractivity contribution is 0.0730. The number of aliphatic hydroxyl groups is 2. The van der Waals surface area contributed by atoms with Gasteiger partial charge in [-0.3, -0.25) is 0 Å². The van der Waals surface area contributed by atoms with Gasteiger partial charge < -0.3 is 10.2 Å². The highest BCUT2D eigenvalue weighted by atomic mass is 32.2. The lowest BCUT2D eigenvalue weighted by Gasteiger charge is -2.29. The summed E-state index contributed by atoms with van der Waals surface area (Å²) < 4.78 is 51.0. The molecule has 142 valence electrons. The van der Waals surface area contributed by atoms with Crippen molar-refractivity contribution >= 4 is 19.9 Å². The molecule has 0 unspecified atom stereocenters. The van der Waals surface area contributed by atoms with Gasteiger partial charge in [-0.15, -0.1) is 0 Å². The van der Waals surface area contributed by atoms with Crippen molar-refractivity contribution in [2.45, 2.75) is 44.2 Å². The molecular formula is C16H25NO6S2. The maximum absolute atomic E-state index is 13.2. The molecule has 9 heteroatoms. The molecule has 7 nitrogen and oxygen atoms in total. The molecule has 0 aliphatic carbocycles. The summed E-state index contributed by atoms with van der Waals surface area (Å²) in [6.45, 7) is 4.43. The molecule has 2 rings (SSSR count). The van der Waals surface area contributed by atoms with E-state index in [0.717, 1.165) is 15.4 Å². The van der Waals surface area contributed by atoms with Gasteiger partial charge in [0.1, 0.15) is 0 Å². The standard InChI is InChI=1S/C16H25NO6S2/c1-11-6-13(3)16(7-12(11)2)25(22,23)17(8-15(19)9-18)14-4-5-24(20,21)10-14/h6-7,14-15,18-19H,4-5,8-10H2,1-3H3/t14-,15+/m1/s1. The average Bonchev–Trinajstić information content (AvgIpc) is 2.87. The third kappa shape index (κ3) is 4.40. The second-order valence-electron chi connectivity index (χ2n) is 6.67. The minimum absolute atomic E-state index is 0.0786. The molecule has 0 saturated carbocycles. The summed E-state index contributed by atoms with van der Waals surface area (Å²) in [5, 5.41) is 18.9. The van der Waals surface area contributed by atoms with Gasteiger partial charge in [0.05, 0.1) is 29.1 Å². The highest BCUT2D eigenvalue weighted by Crippen LogP contribution is 2.28. The van der Waals surface area contributed by atoms with Crippen molar-refractivity contribution in [1.29, 1.82) is 0 Å². The normalized spacial score (nSPS) is 21.6. The number of nitrogens with zero attached hydrogens (tertiary/aromatic N) is 1. The number of aliphatic hydroxyl groups excluding tert-OH is 2. The molecule has 2 N–H and O–H groups in total. The maximum Gasteiger partial charge on any atom is 0.243 e. The van der Waals surface area contributed by atoms with Crippen LogP contribution in [0.2, 0.25) is 0 Å². The van der Waals surface area contributed by atoms with E-state index in [2.05, 4.69) is 0 Å². The molecule has 1 aromatic carbocycles. The fourth-order valence-corrected chi connectivity index (χ4v) is 6.86. The summed E-state index contributed by atoms with van der Waals surface area (Å²) in [5.41, 5.74) is 2.33. The van der Waals surface area contributed by atoms with Gasteiger partial charge in [-0.2, -0.15) is 4.31 Å². The van der Waals surface area contributed by atoms with Crippen molar-refractivity contribution in [2.75, 3.05) is 24.7 Å². The van der Waals surface area contributed by atoms with Crippen molar-refractivity contribution in [3.05, 3.63) is 28.8 Å². The van der Waals surface area contributed by atoms with Crippen molar-refractivity contribution in [3.63, 3.8) is 0 Å². The van der Waals surface area contributed by atoms with Crippen LogP contribution in [0.5, 0.6) is 0 Å². The Morgan fingerprint density at radius 2 is 1.80 bits per heavy atom. The van der Waals surface area contributed by atoms with Crippen LogP contribution < -0.4 is 0 Å². The zero-order valence-corrected chi connectivity index (χ0v) is 16.3. The molecule has 0 spiro atoms. The zero-order chi connectivity index (χ0) is 19.0. The Labute approximate surface area is 149 Å². The smallest absolute Gasteiger partial charge is 0.243 e. The van der Waals surface area contributed by atoms with Gasteiger partial charge in [-0.1, -0.05) is 6.07 Å². The first kappa shape index (κ1) is 20.3. The average molecular weight is 392 g/mol. The molecule has 1 aliphatic rings. The maximum atomic E-state index is 13.2. The Morgan fingerprint density at radius 3 is 2.32 bits per heavy atom. The van der Waals surface area contributed by atoms with Crippen LogP contribution in [0.15, 0.2) is 17.0 Å². The molecule has 0 amide bonds. The largest absolute Gasteiger partial charge is 0.394 e. The molecule has 2 atom stereocenters. The Morgan fingerprint density at radius 1 is 1.20 bits per heavy atom. The number of rotatable bonds is 6. The third-order valence-corrected chi connectivity index (χ3v) is 8.41. The van der Waals surface area contributed by atoms with E-state index in [0.29, 0.717) is 5.56 Å². The zero-order valence-electron chi connectivity index (χ0n) is 14.6. The van der Waals surface area contributed by atoms with Gasteiger partial charge in [0.2, 0.25) is 10.0 Å². The molecule has 1 saturated heterocycles. The predicted octanol–water partition coefficient (Wildman–Crippen LogP) is 0.143. The Bertz CT molecular complexity index is 848. The second-order valence-corrected chi connectivity index (χ2v) is 10.8. The summed E-state index contributed by atoms with van der Waals surface area (Å²) in [5.74, 6) is -0.348. The highest BCUT2D eigenvalue weighted by molar-refractivity contribution is 7.92. The summed E-state index contributed by atoms with van der Waals surface area (Å²) >= 11 is 0. The molecule has 0 radical (unpaired) electrons. The SMILES string of the molecule is Cc1cc(C)c(S(=O)(=O)N(C[C@H](O)CO)[C@@H]2CCS(=O)(=O)C2)cc1C. The molecule has 1 aromatic rings. The van der Waals surface area contributed by atoms with Crippen LogP contribution in [0.4, 0.5) is 0 Å². The van der Waals surface area contributed by atoms with Crippen LogP contribution >= 0.6 is 0 Å². The minimum Gasteiger partial charge on any atom is -0.394 e. The number of sulfone groups is 1. The Hall–Kier alpha value is -1.00. The van der Waals surface area contributed by atoms with Crippen molar-refractivity contribution in [1.82, 2.24) is 4.31 Å². The highest BCUT2D eigenvalue weighted by Gasteiger charge is 2.40. The minimum atomic E-state index is -4.01. The van der Waals surface area contributed by atoms with E-state index in [4.69, 9.17) is 5.11 Å². The number of sulfonamides is 1. The first-order valence-corrected chi connectivity index (χ1v) is 11.3. The number of aryl methyl sites for hydroxylation is 3. The van der Waals surface area contributed by atoms with Crippen LogP contribution in [0.25, 0.3) is 0 Å². The van der Waals surface area contributed by atoms with E-state index in [-0.39, 0.29) is 29.4 Å². The van der Waals surface area contributed by atoms with E-state index >= 15 is 0 Å². The lowest BCUT2D eigenvalue weighted by Crippen LogP contribution is -2.46. The fourth-order valence-electron chi connectivity index (χ4n) is 3.05. The molecular weight excluding hydrogens is 366 g/mol. The first-order chi connectivity index (χ1) is 11.5. The van der Waals surface area contributed by atoms with Gasteiger partial charge in [-0.05, 0) is 49.9 Å². The Kier molecular flexibility index (Phi) is 5.95. The monoisotopic (exact) mass is 391 g/mol. The molecule has 25 heavy (non-hydrogen) atoms. The van der Waals surface area contributed by atoms with Crippen LogP contribution in [0.3, 0.4) is 0 Å². The molecule has 1 heterocycles. The van der Waals surface area contributed by atoms with E-state index in [9.17, 15) is 21.9 Å². The number of benzene rings is 1. The topological polar surface area (TPSA) is 112 Å². The van der Waals surface area contributed by atoms with Gasteiger partial charge in [0.25, 0.3) is 0 Å². The third-order valence-electron chi connectivity index (χ3n) is 4.60. The van der Waals surface area contributed by atoms with Gasteiger partial charge in [0, 0.05) is 12.6 Å². The van der Waals surface area contributed by atoms with Crippen LogP contribution in [0.1, 0.15) is 23.1 Å². The number of hydrogen-bond donors (Lipinski definition) is 2. The summed E-state index contributed by atoms with van der Waals surface area (Å²) in [4.78, 5) is 0.102. The molecule has 1 fully saturated rings. The van der Waals surface area contributed by atoms with Crippen LogP contribution in [-0.2, 0) is 19.9 Å². The van der Waals surface area contributed by atoms with Gasteiger partial charge in [-0.25, -0.2) is 16.8 Å². The molecule has 0 bridgehead atoms. The van der Waals surface area contributed by atoms with E-state index in [1.807, 2.05) is 6.92 Å². The van der Waals surface area contributed by atoms with Crippen molar-refractivity contribution < 1.29 is 27.0 Å². The van der Waals surface area contributed by atoms with Gasteiger partial charge >= 0.3 is 0 Å². The number of hydrogen-bond acceptors (Lipinski definition) is 6.